The lowest BCUT2D eigenvalue weighted by molar-refractivity contribution is -0.121. The molecule has 0 bridgehead atoms. The highest BCUT2D eigenvalue weighted by molar-refractivity contribution is 5.84. The van der Waals surface area contributed by atoms with Crippen LogP contribution >= 0.6 is 0 Å². The van der Waals surface area contributed by atoms with Crippen LogP contribution in [0.4, 0.5) is 0 Å². The fourth-order valence-corrected chi connectivity index (χ4v) is 1.38. The minimum absolute atomic E-state index is 0.0427. The van der Waals surface area contributed by atoms with Crippen LogP contribution < -0.4 is 10.6 Å². The van der Waals surface area contributed by atoms with E-state index in [1.54, 1.807) is 0 Å². The molecular formula is C11H14N2O. The Bertz CT molecular complexity index is 319. The highest BCUT2D eigenvalue weighted by Crippen LogP contribution is 2.11. The highest BCUT2D eigenvalue weighted by atomic mass is 16.2. The number of carbonyl (C=O) groups is 1. The van der Waals surface area contributed by atoms with Gasteiger partial charge in [0.15, 0.2) is 0 Å². The maximum absolute atomic E-state index is 11.4. The third-order valence-electron chi connectivity index (χ3n) is 2.38. The first-order valence-electron chi connectivity index (χ1n) is 4.86. The van der Waals surface area contributed by atoms with E-state index in [0.29, 0.717) is 0 Å². The Morgan fingerprint density at radius 1 is 1.50 bits per heavy atom. The number of carbonyl (C=O) groups excluding carboxylic acids is 1. The zero-order valence-electron chi connectivity index (χ0n) is 8.16. The van der Waals surface area contributed by atoms with Crippen molar-refractivity contribution in [2.45, 2.75) is 19.0 Å². The molecule has 0 aliphatic carbocycles. The lowest BCUT2D eigenvalue weighted by atomic mass is 10.1. The molecule has 1 aromatic rings. The zero-order valence-corrected chi connectivity index (χ0v) is 8.16. The second-order valence-electron chi connectivity index (χ2n) is 3.60. The molecule has 2 rings (SSSR count). The van der Waals surface area contributed by atoms with E-state index in [1.165, 1.54) is 0 Å². The van der Waals surface area contributed by atoms with E-state index in [2.05, 4.69) is 10.6 Å². The van der Waals surface area contributed by atoms with E-state index in [-0.39, 0.29) is 18.0 Å². The molecule has 0 unspecified atom stereocenters. The van der Waals surface area contributed by atoms with Crippen LogP contribution in [0.1, 0.15) is 18.5 Å². The van der Waals surface area contributed by atoms with Gasteiger partial charge in [0.1, 0.15) is 0 Å². The number of hydrogen-bond acceptors (Lipinski definition) is 2. The van der Waals surface area contributed by atoms with Gasteiger partial charge in [-0.1, -0.05) is 30.3 Å². The summed E-state index contributed by atoms with van der Waals surface area (Å²) in [6.45, 7) is 2.81. The SMILES string of the molecule is C[C@H](NC(=O)[C@@H]1CN1)c1ccccc1. The Morgan fingerprint density at radius 2 is 2.14 bits per heavy atom. The average Bonchev–Trinajstić information content (AvgIpc) is 3.02. The molecule has 0 radical (unpaired) electrons. The molecule has 2 atom stereocenters. The predicted molar refractivity (Wildman–Crippen MR) is 54.8 cm³/mol. The molecule has 3 heteroatoms. The van der Waals surface area contributed by atoms with Gasteiger partial charge in [0.2, 0.25) is 5.91 Å². The predicted octanol–water partition coefficient (Wildman–Crippen LogP) is 0.836. The first-order valence-corrected chi connectivity index (χ1v) is 4.86. The summed E-state index contributed by atoms with van der Waals surface area (Å²) in [6, 6.07) is 10.1. The van der Waals surface area contributed by atoms with Crippen LogP contribution in [0.15, 0.2) is 30.3 Å². The van der Waals surface area contributed by atoms with Gasteiger partial charge in [0.25, 0.3) is 0 Å². The Labute approximate surface area is 83.5 Å². The molecule has 1 aromatic carbocycles. The number of hydrogen-bond donors (Lipinski definition) is 2. The van der Waals surface area contributed by atoms with E-state index in [0.717, 1.165) is 12.1 Å². The second-order valence-corrected chi connectivity index (χ2v) is 3.60. The van der Waals surface area contributed by atoms with E-state index in [4.69, 9.17) is 0 Å². The Hall–Kier alpha value is -1.35. The summed E-state index contributed by atoms with van der Waals surface area (Å²) < 4.78 is 0. The van der Waals surface area contributed by atoms with Crippen molar-refractivity contribution in [3.63, 3.8) is 0 Å². The van der Waals surface area contributed by atoms with Gasteiger partial charge in [-0.3, -0.25) is 4.79 Å². The van der Waals surface area contributed by atoms with Gasteiger partial charge >= 0.3 is 0 Å². The number of rotatable bonds is 3. The highest BCUT2D eigenvalue weighted by Gasteiger charge is 2.29. The van der Waals surface area contributed by atoms with Gasteiger partial charge in [0, 0.05) is 6.54 Å². The lowest BCUT2D eigenvalue weighted by Gasteiger charge is -2.13. The number of nitrogens with one attached hydrogen (secondary N) is 2. The second kappa shape index (κ2) is 3.80. The number of amides is 1. The largest absolute Gasteiger partial charge is 0.348 e. The summed E-state index contributed by atoms with van der Waals surface area (Å²) in [7, 11) is 0. The molecule has 1 amide bonds. The molecule has 1 saturated heterocycles. The summed E-state index contributed by atoms with van der Waals surface area (Å²) in [5, 5.41) is 5.94. The topological polar surface area (TPSA) is 51.0 Å². The van der Waals surface area contributed by atoms with Gasteiger partial charge in [-0.05, 0) is 12.5 Å². The minimum Gasteiger partial charge on any atom is -0.348 e. The molecule has 0 saturated carbocycles. The third-order valence-corrected chi connectivity index (χ3v) is 2.38. The summed E-state index contributed by atoms with van der Waals surface area (Å²) in [5.74, 6) is 0.0985. The summed E-state index contributed by atoms with van der Waals surface area (Å²) >= 11 is 0. The zero-order chi connectivity index (χ0) is 9.97. The molecule has 74 valence electrons. The summed E-state index contributed by atoms with van der Waals surface area (Å²) in [5.41, 5.74) is 1.14. The fraction of sp³-hybridized carbons (Fsp3) is 0.364. The maximum Gasteiger partial charge on any atom is 0.238 e. The van der Waals surface area contributed by atoms with E-state index in [1.807, 2.05) is 37.3 Å². The van der Waals surface area contributed by atoms with Gasteiger partial charge in [-0.2, -0.15) is 0 Å². The molecule has 0 aromatic heterocycles. The molecule has 2 N–H and O–H groups in total. The van der Waals surface area contributed by atoms with Crippen LogP contribution in [0.5, 0.6) is 0 Å². The van der Waals surface area contributed by atoms with Crippen molar-refractivity contribution in [3.8, 4) is 0 Å². The molecular weight excluding hydrogens is 176 g/mol. The molecule has 3 nitrogen and oxygen atoms in total. The Balaban J connectivity index is 1.95. The average molecular weight is 190 g/mol. The number of benzene rings is 1. The molecule has 14 heavy (non-hydrogen) atoms. The lowest BCUT2D eigenvalue weighted by Crippen LogP contribution is -2.31. The van der Waals surface area contributed by atoms with Crippen LogP contribution in [-0.4, -0.2) is 18.5 Å². The standard InChI is InChI=1S/C11H14N2O/c1-8(9-5-3-2-4-6-9)13-11(14)10-7-12-10/h2-6,8,10,12H,7H2,1H3,(H,13,14)/t8-,10-/m0/s1. The molecule has 1 fully saturated rings. The molecule has 1 aliphatic rings. The summed E-state index contributed by atoms with van der Waals surface area (Å²) in [4.78, 5) is 11.4. The van der Waals surface area contributed by atoms with Crippen molar-refractivity contribution in [1.29, 1.82) is 0 Å². The Kier molecular flexibility index (Phi) is 2.50. The van der Waals surface area contributed by atoms with Crippen molar-refractivity contribution in [3.05, 3.63) is 35.9 Å². The van der Waals surface area contributed by atoms with Crippen molar-refractivity contribution in [1.82, 2.24) is 10.6 Å². The van der Waals surface area contributed by atoms with E-state index < -0.39 is 0 Å². The van der Waals surface area contributed by atoms with Crippen LogP contribution in [-0.2, 0) is 4.79 Å². The molecule has 0 spiro atoms. The van der Waals surface area contributed by atoms with Gasteiger partial charge in [-0.25, -0.2) is 0 Å². The quantitative estimate of drug-likeness (QED) is 0.694. The minimum atomic E-state index is 0.0427. The summed E-state index contributed by atoms with van der Waals surface area (Å²) in [6.07, 6.45) is 0. The Morgan fingerprint density at radius 3 is 2.71 bits per heavy atom. The van der Waals surface area contributed by atoms with E-state index >= 15 is 0 Å². The monoisotopic (exact) mass is 190 g/mol. The van der Waals surface area contributed by atoms with Crippen molar-refractivity contribution in [2.75, 3.05) is 6.54 Å². The van der Waals surface area contributed by atoms with Crippen LogP contribution in [0.3, 0.4) is 0 Å². The van der Waals surface area contributed by atoms with Gasteiger partial charge < -0.3 is 10.6 Å². The first-order chi connectivity index (χ1) is 6.77. The normalized spacial score (nSPS) is 21.4. The van der Waals surface area contributed by atoms with E-state index in [9.17, 15) is 4.79 Å². The third kappa shape index (κ3) is 2.12. The fourth-order valence-electron chi connectivity index (χ4n) is 1.38. The van der Waals surface area contributed by atoms with Crippen LogP contribution in [0, 0.1) is 0 Å². The van der Waals surface area contributed by atoms with Crippen molar-refractivity contribution < 1.29 is 4.79 Å². The smallest absolute Gasteiger partial charge is 0.238 e. The first kappa shape index (κ1) is 9.21. The maximum atomic E-state index is 11.4. The van der Waals surface area contributed by atoms with Crippen LogP contribution in [0.25, 0.3) is 0 Å². The van der Waals surface area contributed by atoms with Gasteiger partial charge in [0.05, 0.1) is 12.1 Å². The van der Waals surface area contributed by atoms with Crippen molar-refractivity contribution >= 4 is 5.91 Å². The van der Waals surface area contributed by atoms with Crippen molar-refractivity contribution in [2.24, 2.45) is 0 Å². The van der Waals surface area contributed by atoms with Crippen LogP contribution in [0.2, 0.25) is 0 Å². The molecule has 1 aliphatic heterocycles. The van der Waals surface area contributed by atoms with Gasteiger partial charge in [-0.15, -0.1) is 0 Å². The molecule has 1 heterocycles.